The van der Waals surface area contributed by atoms with Crippen LogP contribution in [0.25, 0.3) is 17.2 Å². The summed E-state index contributed by atoms with van der Waals surface area (Å²) >= 11 is 0. The van der Waals surface area contributed by atoms with E-state index in [4.69, 9.17) is 4.74 Å². The minimum absolute atomic E-state index is 0.00714. The third kappa shape index (κ3) is 8.05. The van der Waals surface area contributed by atoms with E-state index in [2.05, 4.69) is 38.1 Å². The second-order valence-electron chi connectivity index (χ2n) is 8.55. The van der Waals surface area contributed by atoms with E-state index in [-0.39, 0.29) is 5.78 Å². The number of unbranched alkanes of at least 4 members (excludes halogenated alkanes) is 4. The van der Waals surface area contributed by atoms with E-state index in [1.54, 1.807) is 6.08 Å². The van der Waals surface area contributed by atoms with Gasteiger partial charge in [-0.25, -0.2) is 0 Å². The molecule has 0 N–H and O–H groups in total. The van der Waals surface area contributed by atoms with Gasteiger partial charge in [0.1, 0.15) is 5.75 Å². The van der Waals surface area contributed by atoms with E-state index in [1.807, 2.05) is 54.6 Å². The predicted octanol–water partition coefficient (Wildman–Crippen LogP) is 8.55. The molecule has 0 aliphatic carbocycles. The summed E-state index contributed by atoms with van der Waals surface area (Å²) in [5, 5.41) is 0. The van der Waals surface area contributed by atoms with Crippen molar-refractivity contribution < 1.29 is 9.53 Å². The Balaban J connectivity index is 1.54. The van der Waals surface area contributed by atoms with Crippen molar-refractivity contribution >= 4 is 11.9 Å². The first-order chi connectivity index (χ1) is 16.2. The van der Waals surface area contributed by atoms with Crippen LogP contribution in [0.5, 0.6) is 5.75 Å². The maximum absolute atomic E-state index is 12.6. The number of benzene rings is 3. The van der Waals surface area contributed by atoms with E-state index >= 15 is 0 Å². The maximum Gasteiger partial charge on any atom is 0.185 e. The molecule has 0 atom stereocenters. The number of ketones is 1. The van der Waals surface area contributed by atoms with Crippen LogP contribution in [0.4, 0.5) is 0 Å². The highest BCUT2D eigenvalue weighted by molar-refractivity contribution is 6.07. The fourth-order valence-corrected chi connectivity index (χ4v) is 3.76. The molecule has 0 aromatic heterocycles. The van der Waals surface area contributed by atoms with Crippen molar-refractivity contribution in [2.24, 2.45) is 0 Å². The molecule has 0 fully saturated rings. The minimum Gasteiger partial charge on any atom is -0.494 e. The zero-order valence-electron chi connectivity index (χ0n) is 20.1. The maximum atomic E-state index is 12.6. The Bertz CT molecular complexity index is 996. The molecule has 2 nitrogen and oxygen atoms in total. The summed E-state index contributed by atoms with van der Waals surface area (Å²) in [6.45, 7) is 5.17. The summed E-state index contributed by atoms with van der Waals surface area (Å²) in [5.41, 5.74) is 5.38. The van der Waals surface area contributed by atoms with Crippen LogP contribution in [0.3, 0.4) is 0 Å². The van der Waals surface area contributed by atoms with Gasteiger partial charge in [0, 0.05) is 5.56 Å². The van der Waals surface area contributed by atoms with Crippen LogP contribution in [0.1, 0.15) is 73.9 Å². The number of aryl methyl sites for hydroxylation is 1. The van der Waals surface area contributed by atoms with E-state index in [0.29, 0.717) is 5.56 Å². The van der Waals surface area contributed by atoms with E-state index < -0.39 is 0 Å². The zero-order valence-corrected chi connectivity index (χ0v) is 20.1. The Kier molecular flexibility index (Phi) is 9.97. The van der Waals surface area contributed by atoms with Gasteiger partial charge in [-0.2, -0.15) is 0 Å². The number of rotatable bonds is 13. The average Bonchev–Trinajstić information content (AvgIpc) is 2.86. The second kappa shape index (κ2) is 13.4. The molecule has 0 bridgehead atoms. The van der Waals surface area contributed by atoms with Gasteiger partial charge in [0.25, 0.3) is 0 Å². The summed E-state index contributed by atoms with van der Waals surface area (Å²) in [7, 11) is 0. The fourth-order valence-electron chi connectivity index (χ4n) is 3.76. The first kappa shape index (κ1) is 24.5. The van der Waals surface area contributed by atoms with Gasteiger partial charge in [-0.1, -0.05) is 106 Å². The van der Waals surface area contributed by atoms with Crippen LogP contribution < -0.4 is 4.74 Å². The highest BCUT2D eigenvalue weighted by Gasteiger charge is 2.04. The Hall–Kier alpha value is -3.13. The van der Waals surface area contributed by atoms with Gasteiger partial charge in [0.2, 0.25) is 0 Å². The van der Waals surface area contributed by atoms with Crippen LogP contribution in [0, 0.1) is 0 Å². The molecule has 3 aromatic carbocycles. The number of carbonyl (C=O) groups excluding carboxylic acids is 1. The quantitative estimate of drug-likeness (QED) is 0.151. The first-order valence-electron chi connectivity index (χ1n) is 12.3. The van der Waals surface area contributed by atoms with E-state index in [1.165, 1.54) is 43.2 Å². The third-order valence-corrected chi connectivity index (χ3v) is 5.85. The molecule has 172 valence electrons. The van der Waals surface area contributed by atoms with Crippen molar-refractivity contribution in [3.8, 4) is 16.9 Å². The normalized spacial score (nSPS) is 11.1. The Morgan fingerprint density at radius 2 is 1.33 bits per heavy atom. The van der Waals surface area contributed by atoms with Gasteiger partial charge in [0.05, 0.1) is 6.61 Å². The molecule has 0 saturated carbocycles. The topological polar surface area (TPSA) is 26.3 Å². The molecule has 0 unspecified atom stereocenters. The Labute approximate surface area is 199 Å². The molecule has 0 saturated heterocycles. The summed E-state index contributed by atoms with van der Waals surface area (Å²) in [6.07, 6.45) is 11.9. The van der Waals surface area contributed by atoms with Gasteiger partial charge in [-0.05, 0) is 59.7 Å². The van der Waals surface area contributed by atoms with Crippen molar-refractivity contribution in [1.82, 2.24) is 0 Å². The fraction of sp³-hybridized carbons (Fsp3) is 0.323. The SMILES string of the molecule is CCCCCOc1ccc(C=CC(=O)c2ccc(-c3ccc(CCCCC)cc3)cc2)cc1. The summed E-state index contributed by atoms with van der Waals surface area (Å²) in [5.74, 6) is 0.881. The summed E-state index contributed by atoms with van der Waals surface area (Å²) in [6, 6.07) is 24.5. The Morgan fingerprint density at radius 3 is 1.97 bits per heavy atom. The highest BCUT2D eigenvalue weighted by atomic mass is 16.5. The predicted molar refractivity (Wildman–Crippen MR) is 140 cm³/mol. The molecule has 3 rings (SSSR count). The number of allylic oxidation sites excluding steroid dienone is 1. The third-order valence-electron chi connectivity index (χ3n) is 5.85. The van der Waals surface area contributed by atoms with Crippen LogP contribution >= 0.6 is 0 Å². The lowest BCUT2D eigenvalue weighted by atomic mass is 9.99. The molecule has 0 radical (unpaired) electrons. The number of hydrogen-bond acceptors (Lipinski definition) is 2. The van der Waals surface area contributed by atoms with Crippen molar-refractivity contribution in [3.63, 3.8) is 0 Å². The van der Waals surface area contributed by atoms with Gasteiger partial charge in [-0.15, -0.1) is 0 Å². The molecule has 0 heterocycles. The van der Waals surface area contributed by atoms with Crippen molar-refractivity contribution in [3.05, 3.63) is 95.6 Å². The molecule has 33 heavy (non-hydrogen) atoms. The van der Waals surface area contributed by atoms with Crippen LogP contribution in [-0.4, -0.2) is 12.4 Å². The lowest BCUT2D eigenvalue weighted by Gasteiger charge is -2.06. The molecule has 3 aromatic rings. The lowest BCUT2D eigenvalue weighted by Crippen LogP contribution is -1.96. The average molecular weight is 441 g/mol. The van der Waals surface area contributed by atoms with Crippen molar-refractivity contribution in [1.29, 1.82) is 0 Å². The van der Waals surface area contributed by atoms with Crippen LogP contribution in [0.2, 0.25) is 0 Å². The van der Waals surface area contributed by atoms with Crippen molar-refractivity contribution in [2.45, 2.75) is 58.8 Å². The molecule has 0 amide bonds. The number of carbonyl (C=O) groups is 1. The smallest absolute Gasteiger partial charge is 0.185 e. The molecule has 0 aliphatic rings. The van der Waals surface area contributed by atoms with Gasteiger partial charge in [0.15, 0.2) is 5.78 Å². The summed E-state index contributed by atoms with van der Waals surface area (Å²) < 4.78 is 5.74. The molecule has 2 heteroatoms. The molecular formula is C31H36O2. The summed E-state index contributed by atoms with van der Waals surface area (Å²) in [4.78, 5) is 12.6. The van der Waals surface area contributed by atoms with E-state index in [9.17, 15) is 4.79 Å². The lowest BCUT2D eigenvalue weighted by molar-refractivity contribution is 0.104. The Morgan fingerprint density at radius 1 is 0.727 bits per heavy atom. The monoisotopic (exact) mass is 440 g/mol. The van der Waals surface area contributed by atoms with E-state index in [0.717, 1.165) is 36.3 Å². The van der Waals surface area contributed by atoms with Crippen LogP contribution in [-0.2, 0) is 6.42 Å². The number of hydrogen-bond donors (Lipinski definition) is 0. The van der Waals surface area contributed by atoms with Crippen LogP contribution in [0.15, 0.2) is 78.9 Å². The van der Waals surface area contributed by atoms with Gasteiger partial charge < -0.3 is 4.74 Å². The standard InChI is InChI=1S/C31H36O2/c1-3-5-7-9-25-10-15-27(16-11-25)28-17-19-29(20-18-28)31(32)23-14-26-12-21-30(22-13-26)33-24-8-6-4-2/h10-23H,3-9,24H2,1-2H3. The molecule has 0 aliphatic heterocycles. The molecular weight excluding hydrogens is 404 g/mol. The number of ether oxygens (including phenoxy) is 1. The van der Waals surface area contributed by atoms with Gasteiger partial charge in [-0.3, -0.25) is 4.79 Å². The van der Waals surface area contributed by atoms with Crippen molar-refractivity contribution in [2.75, 3.05) is 6.61 Å². The zero-order chi connectivity index (χ0) is 23.3. The first-order valence-corrected chi connectivity index (χ1v) is 12.3. The minimum atomic E-state index is 0.00714. The second-order valence-corrected chi connectivity index (χ2v) is 8.55. The highest BCUT2D eigenvalue weighted by Crippen LogP contribution is 2.22. The molecule has 0 spiro atoms. The van der Waals surface area contributed by atoms with Gasteiger partial charge >= 0.3 is 0 Å². The largest absolute Gasteiger partial charge is 0.494 e.